The topological polar surface area (TPSA) is 97.7 Å². The number of nitrogens with zero attached hydrogens (tertiary/aromatic N) is 1. The lowest BCUT2D eigenvalue weighted by Gasteiger charge is -2.25. The van der Waals surface area contributed by atoms with Crippen molar-refractivity contribution in [2.24, 2.45) is 0 Å². The highest BCUT2D eigenvalue weighted by Crippen LogP contribution is 2.24. The predicted molar refractivity (Wildman–Crippen MR) is 144 cm³/mol. The molecule has 0 fully saturated rings. The van der Waals surface area contributed by atoms with E-state index >= 15 is 0 Å². The number of hydrogen-bond acceptors (Lipinski definition) is 6. The van der Waals surface area contributed by atoms with Crippen LogP contribution in [0.1, 0.15) is 33.2 Å². The first kappa shape index (κ1) is 28.4. The van der Waals surface area contributed by atoms with E-state index in [9.17, 15) is 27.8 Å². The van der Waals surface area contributed by atoms with Gasteiger partial charge in [0.2, 0.25) is 9.84 Å². The molecule has 0 saturated carbocycles. The molecule has 4 aromatic carbocycles. The lowest BCUT2D eigenvalue weighted by atomic mass is 10.1. The van der Waals surface area contributed by atoms with Crippen LogP contribution < -0.4 is 5.11 Å². The molecule has 0 aliphatic carbocycles. The van der Waals surface area contributed by atoms with Crippen LogP contribution >= 0.6 is 11.6 Å². The van der Waals surface area contributed by atoms with Gasteiger partial charge in [-0.05, 0) is 65.6 Å². The van der Waals surface area contributed by atoms with E-state index in [1.807, 2.05) is 36.4 Å². The number of aromatic carboxylic acids is 1. The van der Waals surface area contributed by atoms with Crippen molar-refractivity contribution in [1.82, 2.24) is 4.90 Å². The summed E-state index contributed by atoms with van der Waals surface area (Å²) in [4.78, 5) is 12.7. The van der Waals surface area contributed by atoms with Gasteiger partial charge >= 0.3 is 0 Å². The quantitative estimate of drug-likeness (QED) is 0.288. The van der Waals surface area contributed by atoms with Crippen LogP contribution in [0.5, 0.6) is 0 Å². The maximum atomic E-state index is 14.0. The van der Waals surface area contributed by atoms with Crippen LogP contribution in [0.15, 0.2) is 107 Å². The summed E-state index contributed by atoms with van der Waals surface area (Å²) in [6.45, 7) is 1.57. The van der Waals surface area contributed by atoms with Crippen molar-refractivity contribution < 1.29 is 27.8 Å². The largest absolute Gasteiger partial charge is 0.545 e. The SMILES string of the molecule is O=C([O-])c1ccc(S(=O)(=O)c2ccc(CCN(Cc3ccccc3)C[C@H](O)c3cccc(Cl)c3)cc2)cc1F. The van der Waals surface area contributed by atoms with Crippen LogP contribution in [0.2, 0.25) is 5.02 Å². The van der Waals surface area contributed by atoms with E-state index in [-0.39, 0.29) is 9.79 Å². The molecule has 0 saturated heterocycles. The van der Waals surface area contributed by atoms with Gasteiger partial charge in [0.15, 0.2) is 0 Å². The fraction of sp³-hybridized carbons (Fsp3) is 0.167. The van der Waals surface area contributed by atoms with Crippen molar-refractivity contribution in [3.8, 4) is 0 Å². The van der Waals surface area contributed by atoms with Gasteiger partial charge in [-0.15, -0.1) is 0 Å². The average molecular weight is 567 g/mol. The average Bonchev–Trinajstić information content (AvgIpc) is 2.92. The van der Waals surface area contributed by atoms with E-state index < -0.39 is 33.3 Å². The Kier molecular flexibility index (Phi) is 9.14. The zero-order valence-corrected chi connectivity index (χ0v) is 22.4. The molecule has 4 rings (SSSR count). The molecule has 0 amide bonds. The minimum Gasteiger partial charge on any atom is -0.545 e. The third kappa shape index (κ3) is 7.30. The number of carboxylic acids is 1. The van der Waals surface area contributed by atoms with Gasteiger partial charge in [0.1, 0.15) is 5.82 Å². The normalized spacial score (nSPS) is 12.4. The minimum absolute atomic E-state index is 0.0376. The second-order valence-corrected chi connectivity index (χ2v) is 11.5. The summed E-state index contributed by atoms with van der Waals surface area (Å²) in [6, 6.07) is 25.9. The summed E-state index contributed by atoms with van der Waals surface area (Å²) in [7, 11) is -4.05. The highest BCUT2D eigenvalue weighted by atomic mass is 35.5. The van der Waals surface area contributed by atoms with Crippen molar-refractivity contribution >= 4 is 27.4 Å². The second-order valence-electron chi connectivity index (χ2n) is 9.12. The Labute approximate surface area is 231 Å². The smallest absolute Gasteiger partial charge is 0.206 e. The first-order valence-electron chi connectivity index (χ1n) is 12.2. The number of halogens is 2. The third-order valence-electron chi connectivity index (χ3n) is 6.33. The van der Waals surface area contributed by atoms with Crippen LogP contribution in [-0.4, -0.2) is 37.5 Å². The molecular weight excluding hydrogens is 541 g/mol. The van der Waals surface area contributed by atoms with Gasteiger partial charge in [-0.3, -0.25) is 4.90 Å². The Hall–Kier alpha value is -3.56. The zero-order chi connectivity index (χ0) is 28.0. The van der Waals surface area contributed by atoms with Crippen LogP contribution in [0, 0.1) is 5.82 Å². The molecule has 1 atom stereocenters. The molecule has 0 aromatic heterocycles. The molecule has 0 aliphatic rings. The number of hydrogen-bond donors (Lipinski definition) is 1. The van der Waals surface area contributed by atoms with Crippen molar-refractivity contribution in [3.05, 3.63) is 130 Å². The Morgan fingerprint density at radius 2 is 1.59 bits per heavy atom. The zero-order valence-electron chi connectivity index (χ0n) is 20.8. The number of aliphatic hydroxyl groups excluding tert-OH is 1. The van der Waals surface area contributed by atoms with Crippen LogP contribution in [0.3, 0.4) is 0 Å². The van der Waals surface area contributed by atoms with E-state index in [2.05, 4.69) is 4.90 Å². The molecule has 0 aliphatic heterocycles. The van der Waals surface area contributed by atoms with Crippen LogP contribution in [-0.2, 0) is 22.8 Å². The molecule has 0 spiro atoms. The Bertz CT molecular complexity index is 1550. The molecule has 202 valence electrons. The number of rotatable bonds is 11. The fourth-order valence-corrected chi connectivity index (χ4v) is 5.70. The third-order valence-corrected chi connectivity index (χ3v) is 8.34. The number of carbonyl (C=O) groups excluding carboxylic acids is 1. The molecule has 1 N–H and O–H groups in total. The molecule has 4 aromatic rings. The number of benzene rings is 4. The van der Waals surface area contributed by atoms with E-state index in [4.69, 9.17) is 11.6 Å². The molecule has 0 bridgehead atoms. The number of aliphatic hydroxyl groups is 1. The van der Waals surface area contributed by atoms with Crippen molar-refractivity contribution in [3.63, 3.8) is 0 Å². The van der Waals surface area contributed by atoms with Gasteiger partial charge in [0.05, 0.1) is 21.9 Å². The Balaban J connectivity index is 1.47. The number of carbonyl (C=O) groups is 1. The summed E-state index contributed by atoms with van der Waals surface area (Å²) >= 11 is 6.10. The highest BCUT2D eigenvalue weighted by Gasteiger charge is 2.20. The maximum Gasteiger partial charge on any atom is 0.206 e. The van der Waals surface area contributed by atoms with E-state index in [0.29, 0.717) is 37.1 Å². The van der Waals surface area contributed by atoms with E-state index in [0.717, 1.165) is 28.8 Å². The number of sulfone groups is 1. The van der Waals surface area contributed by atoms with E-state index in [1.165, 1.54) is 12.1 Å². The first-order valence-corrected chi connectivity index (χ1v) is 14.0. The first-order chi connectivity index (χ1) is 18.6. The molecule has 0 heterocycles. The van der Waals surface area contributed by atoms with Gasteiger partial charge in [-0.2, -0.15) is 0 Å². The summed E-state index contributed by atoms with van der Waals surface area (Å²) in [5.41, 5.74) is 1.99. The lowest BCUT2D eigenvalue weighted by molar-refractivity contribution is -0.255. The summed E-state index contributed by atoms with van der Waals surface area (Å²) in [6.07, 6.45) is -0.159. The van der Waals surface area contributed by atoms with Gasteiger partial charge in [0, 0.05) is 30.2 Å². The molecule has 0 radical (unpaired) electrons. The van der Waals surface area contributed by atoms with Crippen molar-refractivity contribution in [2.75, 3.05) is 13.1 Å². The van der Waals surface area contributed by atoms with Gasteiger partial charge < -0.3 is 15.0 Å². The maximum absolute atomic E-state index is 14.0. The summed E-state index contributed by atoms with van der Waals surface area (Å²) in [5, 5.41) is 22.3. The second kappa shape index (κ2) is 12.5. The van der Waals surface area contributed by atoms with Gasteiger partial charge in [-0.1, -0.05) is 66.2 Å². The standard InChI is InChI=1S/C30H27ClFNO5S/c31-24-8-4-7-23(17-24)29(34)20-33(19-22-5-2-1-3-6-22)16-15-21-9-11-25(12-10-21)39(37,38)26-13-14-27(30(35)36)28(32)18-26/h1-14,17-18,29,34H,15-16,19-20H2,(H,35,36)/p-1/t29-/m0/s1. The predicted octanol–water partition coefficient (Wildman–Crippen LogP) is 4.45. The van der Waals surface area contributed by atoms with Crippen molar-refractivity contribution in [1.29, 1.82) is 0 Å². The van der Waals surface area contributed by atoms with Crippen molar-refractivity contribution in [2.45, 2.75) is 28.9 Å². The number of carboxylic acid groups (broad SMARTS) is 1. The monoisotopic (exact) mass is 566 g/mol. The molecular formula is C30H26ClFNO5S-. The molecule has 0 unspecified atom stereocenters. The van der Waals surface area contributed by atoms with Gasteiger partial charge in [0.25, 0.3) is 0 Å². The van der Waals surface area contributed by atoms with Crippen LogP contribution in [0.4, 0.5) is 4.39 Å². The Morgan fingerprint density at radius 1 is 0.897 bits per heavy atom. The Morgan fingerprint density at radius 3 is 2.23 bits per heavy atom. The minimum atomic E-state index is -4.05. The molecule has 39 heavy (non-hydrogen) atoms. The fourth-order valence-electron chi connectivity index (χ4n) is 4.23. The summed E-state index contributed by atoms with van der Waals surface area (Å²) < 4.78 is 40.0. The molecule has 9 heteroatoms. The summed E-state index contributed by atoms with van der Waals surface area (Å²) in [5.74, 6) is -2.90. The molecule has 6 nitrogen and oxygen atoms in total. The van der Waals surface area contributed by atoms with Crippen LogP contribution in [0.25, 0.3) is 0 Å². The highest BCUT2D eigenvalue weighted by molar-refractivity contribution is 7.91. The van der Waals surface area contributed by atoms with Gasteiger partial charge in [-0.25, -0.2) is 12.8 Å². The van der Waals surface area contributed by atoms with E-state index in [1.54, 1.807) is 30.3 Å². The lowest BCUT2D eigenvalue weighted by Crippen LogP contribution is -2.30.